The van der Waals surface area contributed by atoms with Crippen molar-refractivity contribution < 1.29 is 4.79 Å². The molecule has 8 heteroatoms. The number of imidazole rings is 1. The van der Waals surface area contributed by atoms with Crippen molar-refractivity contribution in [2.75, 3.05) is 6.54 Å². The summed E-state index contributed by atoms with van der Waals surface area (Å²) in [5.74, 6) is -0.365. The summed E-state index contributed by atoms with van der Waals surface area (Å²) in [5, 5.41) is 2.83. The second-order valence-electron chi connectivity index (χ2n) is 7.89. The zero-order valence-corrected chi connectivity index (χ0v) is 18.6. The predicted molar refractivity (Wildman–Crippen MR) is 127 cm³/mol. The van der Waals surface area contributed by atoms with Gasteiger partial charge in [0.1, 0.15) is 6.54 Å². The summed E-state index contributed by atoms with van der Waals surface area (Å²) in [6.45, 7) is 2.83. The molecule has 1 amide bonds. The van der Waals surface area contributed by atoms with Crippen LogP contribution in [0, 0.1) is 0 Å². The summed E-state index contributed by atoms with van der Waals surface area (Å²) in [6.07, 6.45) is 3.16. The summed E-state index contributed by atoms with van der Waals surface area (Å²) in [4.78, 5) is 43.3. The molecule has 0 atom stereocenters. The minimum absolute atomic E-state index is 0.260. The number of fused-ring (bicyclic) bond motifs is 1. The SMILES string of the molecule is CCn1cnc2c1c(=O)n(CC(=O)NCCCc1ccccc1)c(=O)n2Cc1ccccc1. The third kappa shape index (κ3) is 4.95. The number of rotatable bonds is 9. The van der Waals surface area contributed by atoms with Crippen molar-refractivity contribution in [3.8, 4) is 0 Å². The average Bonchev–Trinajstić information content (AvgIpc) is 3.28. The zero-order valence-electron chi connectivity index (χ0n) is 18.6. The van der Waals surface area contributed by atoms with Gasteiger partial charge in [0.25, 0.3) is 5.56 Å². The number of nitrogens with zero attached hydrogens (tertiary/aromatic N) is 4. The Morgan fingerprint density at radius 3 is 2.27 bits per heavy atom. The van der Waals surface area contributed by atoms with Gasteiger partial charge in [0.2, 0.25) is 5.91 Å². The average molecular weight is 446 g/mol. The molecule has 0 unspecified atom stereocenters. The maximum atomic E-state index is 13.3. The number of aromatic nitrogens is 4. The minimum atomic E-state index is -0.544. The number of carbonyl (C=O) groups excluding carboxylic acids is 1. The lowest BCUT2D eigenvalue weighted by Gasteiger charge is -2.13. The first-order chi connectivity index (χ1) is 16.1. The molecule has 0 radical (unpaired) electrons. The van der Waals surface area contributed by atoms with Gasteiger partial charge in [0, 0.05) is 13.1 Å². The largest absolute Gasteiger partial charge is 0.355 e. The molecule has 0 aliphatic carbocycles. The Labute approximate surface area is 191 Å². The fourth-order valence-corrected chi connectivity index (χ4v) is 3.89. The van der Waals surface area contributed by atoms with E-state index < -0.39 is 11.2 Å². The van der Waals surface area contributed by atoms with Crippen LogP contribution < -0.4 is 16.6 Å². The smallest absolute Gasteiger partial charge is 0.333 e. The van der Waals surface area contributed by atoms with Gasteiger partial charge in [-0.2, -0.15) is 0 Å². The van der Waals surface area contributed by atoms with Crippen LogP contribution >= 0.6 is 0 Å². The highest BCUT2D eigenvalue weighted by Crippen LogP contribution is 2.09. The van der Waals surface area contributed by atoms with Gasteiger partial charge >= 0.3 is 5.69 Å². The fraction of sp³-hybridized carbons (Fsp3) is 0.280. The van der Waals surface area contributed by atoms with Gasteiger partial charge in [-0.25, -0.2) is 14.3 Å². The molecule has 8 nitrogen and oxygen atoms in total. The maximum Gasteiger partial charge on any atom is 0.333 e. The second kappa shape index (κ2) is 10.1. The molecular weight excluding hydrogens is 418 g/mol. The van der Waals surface area contributed by atoms with Crippen LogP contribution in [0.5, 0.6) is 0 Å². The topological polar surface area (TPSA) is 90.9 Å². The molecule has 0 saturated carbocycles. The Balaban J connectivity index is 1.56. The fourth-order valence-electron chi connectivity index (χ4n) is 3.89. The molecule has 1 N–H and O–H groups in total. The van der Waals surface area contributed by atoms with Gasteiger partial charge in [0.05, 0.1) is 12.9 Å². The van der Waals surface area contributed by atoms with Gasteiger partial charge in [-0.05, 0) is 30.9 Å². The van der Waals surface area contributed by atoms with E-state index in [1.54, 1.807) is 10.9 Å². The van der Waals surface area contributed by atoms with Crippen LogP contribution in [0.2, 0.25) is 0 Å². The molecule has 0 aliphatic heterocycles. The first-order valence-corrected chi connectivity index (χ1v) is 11.1. The highest BCUT2D eigenvalue weighted by molar-refractivity contribution is 5.76. The van der Waals surface area contributed by atoms with Crippen LogP contribution in [0.4, 0.5) is 0 Å². The molecule has 2 aromatic carbocycles. The molecule has 33 heavy (non-hydrogen) atoms. The summed E-state index contributed by atoms with van der Waals surface area (Å²) in [5.41, 5.74) is 1.71. The van der Waals surface area contributed by atoms with Crippen LogP contribution in [0.25, 0.3) is 11.2 Å². The van der Waals surface area contributed by atoms with Gasteiger partial charge in [-0.15, -0.1) is 0 Å². The van der Waals surface area contributed by atoms with E-state index in [9.17, 15) is 14.4 Å². The van der Waals surface area contributed by atoms with E-state index in [4.69, 9.17) is 0 Å². The van der Waals surface area contributed by atoms with Gasteiger partial charge in [-0.3, -0.25) is 14.2 Å². The van der Waals surface area contributed by atoms with Crippen molar-refractivity contribution in [3.05, 3.63) is 99.0 Å². The number of benzene rings is 2. The third-order valence-corrected chi connectivity index (χ3v) is 5.62. The van der Waals surface area contributed by atoms with Crippen LogP contribution in [0.1, 0.15) is 24.5 Å². The molecule has 170 valence electrons. The van der Waals surface area contributed by atoms with Gasteiger partial charge in [-0.1, -0.05) is 60.7 Å². The maximum absolute atomic E-state index is 13.3. The van der Waals surface area contributed by atoms with Gasteiger partial charge in [0.15, 0.2) is 11.2 Å². The van der Waals surface area contributed by atoms with Crippen molar-refractivity contribution in [1.82, 2.24) is 24.0 Å². The molecule has 2 aromatic heterocycles. The summed E-state index contributed by atoms with van der Waals surface area (Å²) >= 11 is 0. The molecule has 0 saturated heterocycles. The van der Waals surface area contributed by atoms with Crippen LogP contribution in [0.15, 0.2) is 76.6 Å². The molecule has 4 aromatic rings. The van der Waals surface area contributed by atoms with E-state index in [1.165, 1.54) is 10.1 Å². The summed E-state index contributed by atoms with van der Waals surface area (Å²) < 4.78 is 4.17. The lowest BCUT2D eigenvalue weighted by molar-refractivity contribution is -0.121. The number of nitrogens with one attached hydrogen (secondary N) is 1. The van der Waals surface area contributed by atoms with E-state index in [2.05, 4.69) is 10.3 Å². The number of carbonyl (C=O) groups is 1. The van der Waals surface area contributed by atoms with Crippen LogP contribution in [-0.4, -0.2) is 31.1 Å². The van der Waals surface area contributed by atoms with Crippen molar-refractivity contribution in [3.63, 3.8) is 0 Å². The Bertz CT molecular complexity index is 1350. The molecular formula is C25H27N5O3. The van der Waals surface area contributed by atoms with Crippen molar-refractivity contribution >= 4 is 17.1 Å². The van der Waals surface area contributed by atoms with Crippen molar-refractivity contribution in [2.24, 2.45) is 0 Å². The van der Waals surface area contributed by atoms with Crippen LogP contribution in [-0.2, 0) is 30.8 Å². The number of hydrogen-bond acceptors (Lipinski definition) is 4. The van der Waals surface area contributed by atoms with Crippen molar-refractivity contribution in [1.29, 1.82) is 0 Å². The highest BCUT2D eigenvalue weighted by atomic mass is 16.2. The second-order valence-corrected chi connectivity index (χ2v) is 7.89. The number of aryl methyl sites for hydroxylation is 2. The molecule has 2 heterocycles. The standard InChI is InChI=1S/C25H27N5O3/c1-2-28-18-27-23-22(28)24(32)30(25(33)29(23)16-20-12-7-4-8-13-20)17-21(31)26-15-9-14-19-10-5-3-6-11-19/h3-8,10-13,18H,2,9,14-17H2,1H3,(H,26,31). The predicted octanol–water partition coefficient (Wildman–Crippen LogP) is 2.18. The first kappa shape index (κ1) is 22.3. The first-order valence-electron chi connectivity index (χ1n) is 11.1. The number of amides is 1. The lowest BCUT2D eigenvalue weighted by atomic mass is 10.1. The van der Waals surface area contributed by atoms with E-state index in [0.29, 0.717) is 24.3 Å². The van der Waals surface area contributed by atoms with E-state index in [-0.39, 0.29) is 19.0 Å². The quantitative estimate of drug-likeness (QED) is 0.400. The Kier molecular flexibility index (Phi) is 6.83. The van der Waals surface area contributed by atoms with E-state index >= 15 is 0 Å². The third-order valence-electron chi connectivity index (χ3n) is 5.62. The van der Waals surface area contributed by atoms with E-state index in [0.717, 1.165) is 23.0 Å². The lowest BCUT2D eigenvalue weighted by Crippen LogP contribution is -2.44. The Hall–Kier alpha value is -3.94. The zero-order chi connectivity index (χ0) is 23.2. The Morgan fingerprint density at radius 1 is 0.939 bits per heavy atom. The molecule has 0 aliphatic rings. The molecule has 0 spiro atoms. The minimum Gasteiger partial charge on any atom is -0.355 e. The van der Waals surface area contributed by atoms with Crippen molar-refractivity contribution in [2.45, 2.75) is 39.4 Å². The summed E-state index contributed by atoms with van der Waals surface area (Å²) in [7, 11) is 0. The molecule has 4 rings (SSSR count). The molecule has 0 fully saturated rings. The summed E-state index contributed by atoms with van der Waals surface area (Å²) in [6, 6.07) is 19.5. The number of hydrogen-bond donors (Lipinski definition) is 1. The Morgan fingerprint density at radius 2 is 1.61 bits per heavy atom. The highest BCUT2D eigenvalue weighted by Gasteiger charge is 2.19. The molecule has 0 bridgehead atoms. The normalized spacial score (nSPS) is 11.1. The van der Waals surface area contributed by atoms with Crippen LogP contribution in [0.3, 0.4) is 0 Å². The van der Waals surface area contributed by atoms with E-state index in [1.807, 2.05) is 67.6 Å². The van der Waals surface area contributed by atoms with Gasteiger partial charge < -0.3 is 9.88 Å². The monoisotopic (exact) mass is 445 g/mol.